The van der Waals surface area contributed by atoms with E-state index in [1.54, 1.807) is 18.2 Å². The van der Waals surface area contributed by atoms with E-state index in [9.17, 15) is 9.90 Å². The molecule has 0 radical (unpaired) electrons. The van der Waals surface area contributed by atoms with E-state index in [1.807, 2.05) is 5.01 Å². The van der Waals surface area contributed by atoms with Crippen molar-refractivity contribution in [2.45, 2.75) is 19.3 Å². The predicted molar refractivity (Wildman–Crippen MR) is 67.5 cm³/mol. The Hall–Kier alpha value is -1.75. The second-order valence-corrected chi connectivity index (χ2v) is 4.35. The Morgan fingerprint density at radius 1 is 1.33 bits per heavy atom. The summed E-state index contributed by atoms with van der Waals surface area (Å²) in [5.41, 5.74) is 3.04. The third-order valence-corrected chi connectivity index (χ3v) is 3.08. The van der Waals surface area contributed by atoms with Gasteiger partial charge in [0.2, 0.25) is 0 Å². The van der Waals surface area contributed by atoms with Crippen LogP contribution in [-0.4, -0.2) is 36.2 Å². The average Bonchev–Trinajstić information content (AvgIpc) is 2.40. The molecule has 1 aliphatic rings. The number of ether oxygens (including phenoxy) is 1. The monoisotopic (exact) mass is 250 g/mol. The maximum atomic E-state index is 12.0. The number of nitrogens with zero attached hydrogens (tertiary/aromatic N) is 1. The van der Waals surface area contributed by atoms with E-state index in [2.05, 4.69) is 5.43 Å². The van der Waals surface area contributed by atoms with Gasteiger partial charge in [0.1, 0.15) is 0 Å². The van der Waals surface area contributed by atoms with Crippen molar-refractivity contribution in [2.24, 2.45) is 0 Å². The Labute approximate surface area is 106 Å². The standard InChI is InChI=1S/C13H18N2O3/c1-18-11-7-5-6-10(12(11)16)13(17)14-15-8-3-2-4-9-15/h5-7,16H,2-4,8-9H2,1H3,(H,14,17). The summed E-state index contributed by atoms with van der Waals surface area (Å²) < 4.78 is 4.98. The van der Waals surface area contributed by atoms with E-state index in [-0.39, 0.29) is 17.2 Å². The van der Waals surface area contributed by atoms with Crippen LogP contribution in [0.3, 0.4) is 0 Å². The molecule has 1 aromatic carbocycles. The minimum absolute atomic E-state index is 0.116. The van der Waals surface area contributed by atoms with Crippen LogP contribution in [0.15, 0.2) is 18.2 Å². The first kappa shape index (κ1) is 12.7. The number of carbonyl (C=O) groups is 1. The summed E-state index contributed by atoms with van der Waals surface area (Å²) in [6.07, 6.45) is 3.38. The lowest BCUT2D eigenvalue weighted by Gasteiger charge is -2.26. The second kappa shape index (κ2) is 5.73. The Morgan fingerprint density at radius 2 is 2.06 bits per heavy atom. The zero-order valence-electron chi connectivity index (χ0n) is 10.5. The molecule has 1 amide bonds. The molecule has 1 aliphatic heterocycles. The van der Waals surface area contributed by atoms with Gasteiger partial charge in [-0.25, -0.2) is 5.01 Å². The lowest BCUT2D eigenvalue weighted by atomic mass is 10.1. The second-order valence-electron chi connectivity index (χ2n) is 4.35. The highest BCUT2D eigenvalue weighted by Crippen LogP contribution is 2.29. The summed E-state index contributed by atoms with van der Waals surface area (Å²) in [5.74, 6) is -0.107. The maximum Gasteiger partial charge on any atom is 0.269 e. The van der Waals surface area contributed by atoms with Crippen LogP contribution in [0.4, 0.5) is 0 Å². The van der Waals surface area contributed by atoms with Crippen LogP contribution in [0.2, 0.25) is 0 Å². The minimum atomic E-state index is -0.298. The molecule has 1 fully saturated rings. The number of hydrazine groups is 1. The number of rotatable bonds is 3. The number of para-hydroxylation sites is 1. The van der Waals surface area contributed by atoms with Gasteiger partial charge >= 0.3 is 0 Å². The van der Waals surface area contributed by atoms with Gasteiger partial charge in [0.25, 0.3) is 5.91 Å². The largest absolute Gasteiger partial charge is 0.504 e. The number of aromatic hydroxyl groups is 1. The average molecular weight is 250 g/mol. The van der Waals surface area contributed by atoms with E-state index in [0.29, 0.717) is 5.75 Å². The highest BCUT2D eigenvalue weighted by atomic mass is 16.5. The number of amides is 1. The van der Waals surface area contributed by atoms with Gasteiger partial charge in [-0.3, -0.25) is 10.2 Å². The van der Waals surface area contributed by atoms with Crippen LogP contribution in [0.25, 0.3) is 0 Å². The SMILES string of the molecule is COc1cccc(C(=O)NN2CCCCC2)c1O. The molecule has 0 bridgehead atoms. The molecule has 0 unspecified atom stereocenters. The van der Waals surface area contributed by atoms with Crippen LogP contribution >= 0.6 is 0 Å². The number of phenolic OH excluding ortho intramolecular Hbond substituents is 1. The van der Waals surface area contributed by atoms with E-state index >= 15 is 0 Å². The quantitative estimate of drug-likeness (QED) is 0.854. The first-order valence-corrected chi connectivity index (χ1v) is 6.14. The molecule has 18 heavy (non-hydrogen) atoms. The van der Waals surface area contributed by atoms with Crippen LogP contribution in [-0.2, 0) is 0 Å². The summed E-state index contributed by atoms with van der Waals surface area (Å²) in [6, 6.07) is 4.88. The van der Waals surface area contributed by atoms with Crippen molar-refractivity contribution in [1.29, 1.82) is 0 Å². The molecule has 0 saturated carbocycles. The van der Waals surface area contributed by atoms with Crippen molar-refractivity contribution in [3.05, 3.63) is 23.8 Å². The molecule has 0 aliphatic carbocycles. The van der Waals surface area contributed by atoms with Crippen molar-refractivity contribution < 1.29 is 14.6 Å². The van der Waals surface area contributed by atoms with E-state index in [1.165, 1.54) is 13.5 Å². The fraction of sp³-hybridized carbons (Fsp3) is 0.462. The zero-order valence-corrected chi connectivity index (χ0v) is 10.5. The Balaban J connectivity index is 2.08. The summed E-state index contributed by atoms with van der Waals surface area (Å²) in [5, 5.41) is 11.8. The number of hydrogen-bond donors (Lipinski definition) is 2. The predicted octanol–water partition coefficient (Wildman–Crippen LogP) is 1.53. The molecule has 0 atom stereocenters. The number of nitrogens with one attached hydrogen (secondary N) is 1. The molecular weight excluding hydrogens is 232 g/mol. The zero-order chi connectivity index (χ0) is 13.0. The molecule has 0 aromatic heterocycles. The smallest absolute Gasteiger partial charge is 0.269 e. The minimum Gasteiger partial charge on any atom is -0.504 e. The number of piperidine rings is 1. The van der Waals surface area contributed by atoms with Gasteiger partial charge in [-0.1, -0.05) is 12.5 Å². The first-order chi connectivity index (χ1) is 8.72. The Kier molecular flexibility index (Phi) is 4.04. The lowest BCUT2D eigenvalue weighted by Crippen LogP contribution is -2.45. The highest BCUT2D eigenvalue weighted by molar-refractivity contribution is 5.97. The number of benzene rings is 1. The normalized spacial score (nSPS) is 16.3. The fourth-order valence-corrected chi connectivity index (χ4v) is 2.08. The topological polar surface area (TPSA) is 61.8 Å². The molecular formula is C13H18N2O3. The maximum absolute atomic E-state index is 12.0. The van der Waals surface area contributed by atoms with Gasteiger partial charge < -0.3 is 9.84 Å². The first-order valence-electron chi connectivity index (χ1n) is 6.14. The van der Waals surface area contributed by atoms with E-state index in [0.717, 1.165) is 25.9 Å². The van der Waals surface area contributed by atoms with Gasteiger partial charge in [0, 0.05) is 13.1 Å². The van der Waals surface area contributed by atoms with Crippen LogP contribution < -0.4 is 10.2 Å². The third-order valence-electron chi connectivity index (χ3n) is 3.08. The van der Waals surface area contributed by atoms with Crippen LogP contribution in [0, 0.1) is 0 Å². The fourth-order valence-electron chi connectivity index (χ4n) is 2.08. The molecule has 2 rings (SSSR count). The number of hydrogen-bond acceptors (Lipinski definition) is 4. The van der Waals surface area contributed by atoms with Crippen LogP contribution in [0.1, 0.15) is 29.6 Å². The summed E-state index contributed by atoms with van der Waals surface area (Å²) in [7, 11) is 1.46. The number of phenols is 1. The van der Waals surface area contributed by atoms with E-state index in [4.69, 9.17) is 4.74 Å². The van der Waals surface area contributed by atoms with Crippen molar-refractivity contribution in [3.8, 4) is 11.5 Å². The van der Waals surface area contributed by atoms with Gasteiger partial charge in [-0.05, 0) is 25.0 Å². The molecule has 0 spiro atoms. The Morgan fingerprint density at radius 3 is 2.72 bits per heavy atom. The van der Waals surface area contributed by atoms with Gasteiger partial charge in [0.05, 0.1) is 12.7 Å². The number of carbonyl (C=O) groups excluding carboxylic acids is 1. The summed E-state index contributed by atoms with van der Waals surface area (Å²) in [6.45, 7) is 1.72. The highest BCUT2D eigenvalue weighted by Gasteiger charge is 2.18. The third kappa shape index (κ3) is 2.73. The van der Waals surface area contributed by atoms with Gasteiger partial charge in [-0.15, -0.1) is 0 Å². The molecule has 1 heterocycles. The summed E-state index contributed by atoms with van der Waals surface area (Å²) in [4.78, 5) is 12.0. The van der Waals surface area contributed by atoms with Crippen molar-refractivity contribution in [2.75, 3.05) is 20.2 Å². The summed E-state index contributed by atoms with van der Waals surface area (Å²) >= 11 is 0. The lowest BCUT2D eigenvalue weighted by molar-refractivity contribution is 0.0747. The molecule has 1 aromatic rings. The molecule has 1 saturated heterocycles. The molecule has 5 heteroatoms. The van der Waals surface area contributed by atoms with Crippen molar-refractivity contribution >= 4 is 5.91 Å². The van der Waals surface area contributed by atoms with Crippen molar-refractivity contribution in [1.82, 2.24) is 10.4 Å². The molecule has 98 valence electrons. The van der Waals surface area contributed by atoms with Crippen LogP contribution in [0.5, 0.6) is 11.5 Å². The van der Waals surface area contributed by atoms with Gasteiger partial charge in [0.15, 0.2) is 11.5 Å². The molecule has 2 N–H and O–H groups in total. The van der Waals surface area contributed by atoms with Gasteiger partial charge in [-0.2, -0.15) is 0 Å². The molecule has 5 nitrogen and oxygen atoms in total. The Bertz CT molecular complexity index is 428. The number of methoxy groups -OCH3 is 1. The van der Waals surface area contributed by atoms with Crippen molar-refractivity contribution in [3.63, 3.8) is 0 Å². The van der Waals surface area contributed by atoms with E-state index < -0.39 is 0 Å².